The van der Waals surface area contributed by atoms with E-state index in [9.17, 15) is 0 Å². The second-order valence-corrected chi connectivity index (χ2v) is 5.98. The van der Waals surface area contributed by atoms with Crippen LogP contribution < -0.4 is 4.74 Å². The lowest BCUT2D eigenvalue weighted by molar-refractivity contribution is 0.415. The molecule has 2 heterocycles. The Bertz CT molecular complexity index is 700. The lowest BCUT2D eigenvalue weighted by atomic mass is 10.1. The highest BCUT2D eigenvalue weighted by Crippen LogP contribution is 2.34. The van der Waals surface area contributed by atoms with E-state index >= 15 is 0 Å². The maximum atomic E-state index is 5.25. The van der Waals surface area contributed by atoms with Gasteiger partial charge in [0.05, 0.1) is 17.7 Å². The molecule has 0 aliphatic carbocycles. The number of aromatic nitrogens is 1. The number of thiophene rings is 1. The molecule has 0 fully saturated rings. The van der Waals surface area contributed by atoms with Crippen molar-refractivity contribution in [1.82, 2.24) is 4.98 Å². The van der Waals surface area contributed by atoms with Crippen molar-refractivity contribution in [3.05, 3.63) is 46.7 Å². The Labute approximate surface area is 120 Å². The molecule has 0 aliphatic heterocycles. The zero-order chi connectivity index (χ0) is 13.2. The van der Waals surface area contributed by atoms with Crippen LogP contribution in [0, 0.1) is 6.92 Å². The normalized spacial score (nSPS) is 10.6. The van der Waals surface area contributed by atoms with Crippen molar-refractivity contribution in [2.24, 2.45) is 0 Å². The van der Waals surface area contributed by atoms with Crippen LogP contribution in [-0.2, 0) is 0 Å². The van der Waals surface area contributed by atoms with Gasteiger partial charge in [-0.25, -0.2) is 4.98 Å². The van der Waals surface area contributed by atoms with Crippen molar-refractivity contribution in [3.63, 3.8) is 0 Å². The van der Waals surface area contributed by atoms with Crippen molar-refractivity contribution < 1.29 is 4.74 Å². The summed E-state index contributed by atoms with van der Waals surface area (Å²) in [4.78, 5) is 6.00. The maximum Gasteiger partial charge on any atom is 0.134 e. The molecule has 2 nitrogen and oxygen atoms in total. The highest BCUT2D eigenvalue weighted by Gasteiger charge is 2.10. The van der Waals surface area contributed by atoms with Gasteiger partial charge in [0.15, 0.2) is 0 Å². The van der Waals surface area contributed by atoms with Crippen LogP contribution in [0.15, 0.2) is 41.1 Å². The molecule has 4 heteroatoms. The summed E-state index contributed by atoms with van der Waals surface area (Å²) in [6, 6.07) is 10.1. The van der Waals surface area contributed by atoms with Crippen LogP contribution >= 0.6 is 22.7 Å². The minimum Gasteiger partial charge on any atom is -0.497 e. The predicted octanol–water partition coefficient (Wildman–Crippen LogP) is 4.86. The summed E-state index contributed by atoms with van der Waals surface area (Å²) in [5, 5.41) is 5.30. The van der Waals surface area contributed by atoms with E-state index in [2.05, 4.69) is 29.8 Å². The average Bonchev–Trinajstić information content (AvgIpc) is 3.07. The third-order valence-corrected chi connectivity index (χ3v) is 4.94. The van der Waals surface area contributed by atoms with Gasteiger partial charge in [0.1, 0.15) is 10.8 Å². The van der Waals surface area contributed by atoms with Gasteiger partial charge in [-0.05, 0) is 36.1 Å². The Balaban J connectivity index is 1.99. The Morgan fingerprint density at radius 2 is 2.05 bits per heavy atom. The molecule has 0 aliphatic rings. The lowest BCUT2D eigenvalue weighted by Crippen LogP contribution is -1.84. The number of hydrogen-bond donors (Lipinski definition) is 0. The summed E-state index contributed by atoms with van der Waals surface area (Å²) in [5.41, 5.74) is 3.39. The van der Waals surface area contributed by atoms with Crippen molar-refractivity contribution >= 4 is 22.7 Å². The smallest absolute Gasteiger partial charge is 0.134 e. The number of benzene rings is 1. The first kappa shape index (κ1) is 12.4. The summed E-state index contributed by atoms with van der Waals surface area (Å²) in [6.45, 7) is 2.12. The van der Waals surface area contributed by atoms with E-state index < -0.39 is 0 Å². The molecule has 0 saturated carbocycles. The van der Waals surface area contributed by atoms with Crippen molar-refractivity contribution in [2.75, 3.05) is 7.11 Å². The standard InChI is InChI=1S/C15H13NOS2/c1-10-6-7-18-14(10)15-16-13(9-19-15)11-4-3-5-12(8-11)17-2/h3-9H,1-2H3. The van der Waals surface area contributed by atoms with Crippen molar-refractivity contribution in [1.29, 1.82) is 0 Å². The van der Waals surface area contributed by atoms with Gasteiger partial charge in [-0.3, -0.25) is 0 Å². The Hall–Kier alpha value is -1.65. The first-order valence-corrected chi connectivity index (χ1v) is 7.68. The second kappa shape index (κ2) is 5.15. The van der Waals surface area contributed by atoms with E-state index in [0.717, 1.165) is 22.0 Å². The van der Waals surface area contributed by atoms with Crippen LogP contribution in [-0.4, -0.2) is 12.1 Å². The first-order valence-electron chi connectivity index (χ1n) is 5.92. The molecular weight excluding hydrogens is 274 g/mol. The molecule has 0 atom stereocenters. The van der Waals surface area contributed by atoms with Crippen LogP contribution in [0.25, 0.3) is 21.1 Å². The highest BCUT2D eigenvalue weighted by molar-refractivity contribution is 7.20. The molecule has 0 radical (unpaired) electrons. The number of hydrogen-bond acceptors (Lipinski definition) is 4. The summed E-state index contributed by atoms with van der Waals surface area (Å²) in [5.74, 6) is 0.861. The average molecular weight is 287 g/mol. The molecule has 3 rings (SSSR count). The van der Waals surface area contributed by atoms with E-state index in [1.165, 1.54) is 10.4 Å². The molecule has 96 valence electrons. The van der Waals surface area contributed by atoms with Gasteiger partial charge in [0.2, 0.25) is 0 Å². The molecule has 1 aromatic carbocycles. The highest BCUT2D eigenvalue weighted by atomic mass is 32.1. The zero-order valence-corrected chi connectivity index (χ0v) is 12.3. The molecule has 0 N–H and O–H groups in total. The molecule has 0 unspecified atom stereocenters. The van der Waals surface area contributed by atoms with Crippen LogP contribution in [0.1, 0.15) is 5.56 Å². The maximum absolute atomic E-state index is 5.25. The second-order valence-electron chi connectivity index (χ2n) is 4.20. The Morgan fingerprint density at radius 1 is 1.16 bits per heavy atom. The number of nitrogens with zero attached hydrogens (tertiary/aromatic N) is 1. The van der Waals surface area contributed by atoms with Crippen LogP contribution in [0.3, 0.4) is 0 Å². The molecule has 3 aromatic rings. The van der Waals surface area contributed by atoms with E-state index in [1.807, 2.05) is 18.2 Å². The van der Waals surface area contributed by atoms with Crippen molar-refractivity contribution in [2.45, 2.75) is 6.92 Å². The third kappa shape index (κ3) is 2.41. The van der Waals surface area contributed by atoms with Gasteiger partial charge < -0.3 is 4.74 Å². The van der Waals surface area contributed by atoms with E-state index in [-0.39, 0.29) is 0 Å². The zero-order valence-electron chi connectivity index (χ0n) is 10.7. The molecule has 0 saturated heterocycles. The minimum atomic E-state index is 0.861. The molecule has 0 bridgehead atoms. The molecule has 19 heavy (non-hydrogen) atoms. The summed E-state index contributed by atoms with van der Waals surface area (Å²) >= 11 is 3.43. The van der Waals surface area contributed by atoms with E-state index in [1.54, 1.807) is 29.8 Å². The van der Waals surface area contributed by atoms with Crippen LogP contribution in [0.5, 0.6) is 5.75 Å². The molecule has 0 amide bonds. The van der Waals surface area contributed by atoms with Gasteiger partial charge in [-0.15, -0.1) is 22.7 Å². The van der Waals surface area contributed by atoms with E-state index in [0.29, 0.717) is 0 Å². The van der Waals surface area contributed by atoms with Crippen LogP contribution in [0.2, 0.25) is 0 Å². The molecular formula is C15H13NOS2. The largest absolute Gasteiger partial charge is 0.497 e. The minimum absolute atomic E-state index is 0.861. The number of thiazole rings is 1. The fraction of sp³-hybridized carbons (Fsp3) is 0.133. The Morgan fingerprint density at radius 3 is 2.79 bits per heavy atom. The number of aryl methyl sites for hydroxylation is 1. The lowest BCUT2D eigenvalue weighted by Gasteiger charge is -2.01. The first-order chi connectivity index (χ1) is 9.28. The number of ether oxygens (including phenoxy) is 1. The number of rotatable bonds is 3. The molecule has 2 aromatic heterocycles. The quantitative estimate of drug-likeness (QED) is 0.686. The fourth-order valence-electron chi connectivity index (χ4n) is 1.88. The van der Waals surface area contributed by atoms with Gasteiger partial charge in [-0.1, -0.05) is 12.1 Å². The van der Waals surface area contributed by atoms with Gasteiger partial charge in [0.25, 0.3) is 0 Å². The van der Waals surface area contributed by atoms with Gasteiger partial charge in [-0.2, -0.15) is 0 Å². The third-order valence-electron chi connectivity index (χ3n) is 2.93. The molecule has 0 spiro atoms. The Kier molecular flexibility index (Phi) is 3.36. The summed E-state index contributed by atoms with van der Waals surface area (Å²) in [7, 11) is 1.68. The van der Waals surface area contributed by atoms with Gasteiger partial charge in [0, 0.05) is 10.9 Å². The monoisotopic (exact) mass is 287 g/mol. The van der Waals surface area contributed by atoms with E-state index in [4.69, 9.17) is 9.72 Å². The topological polar surface area (TPSA) is 22.1 Å². The summed E-state index contributed by atoms with van der Waals surface area (Å²) < 4.78 is 5.25. The van der Waals surface area contributed by atoms with Crippen LogP contribution in [0.4, 0.5) is 0 Å². The summed E-state index contributed by atoms with van der Waals surface area (Å²) in [6.07, 6.45) is 0. The fourth-order valence-corrected chi connectivity index (χ4v) is 3.81. The van der Waals surface area contributed by atoms with Crippen molar-refractivity contribution in [3.8, 4) is 26.9 Å². The SMILES string of the molecule is COc1cccc(-c2csc(-c3sccc3C)n2)c1. The number of methoxy groups -OCH3 is 1. The van der Waals surface area contributed by atoms with Gasteiger partial charge >= 0.3 is 0 Å². The predicted molar refractivity (Wildman–Crippen MR) is 82.2 cm³/mol.